The molecule has 4 rings (SSSR count). The summed E-state index contributed by atoms with van der Waals surface area (Å²) in [7, 11) is 0. The monoisotopic (exact) mass is 306 g/mol. The molecule has 0 amide bonds. The van der Waals surface area contributed by atoms with Crippen LogP contribution in [-0.2, 0) is 5.60 Å². The Kier molecular flexibility index (Phi) is 2.75. The van der Waals surface area contributed by atoms with Gasteiger partial charge < -0.3 is 20.1 Å². The predicted molar refractivity (Wildman–Crippen MR) is 84.8 cm³/mol. The lowest BCUT2D eigenvalue weighted by Gasteiger charge is -2.45. The van der Waals surface area contributed by atoms with Gasteiger partial charge in [-0.1, -0.05) is 24.3 Å². The summed E-state index contributed by atoms with van der Waals surface area (Å²) in [5.74, 6) is 1.12. The summed E-state index contributed by atoms with van der Waals surface area (Å²) in [5.41, 5.74) is 1.83. The van der Waals surface area contributed by atoms with Crippen molar-refractivity contribution in [1.82, 2.24) is 0 Å². The van der Waals surface area contributed by atoms with Crippen LogP contribution in [0.15, 0.2) is 66.7 Å². The summed E-state index contributed by atoms with van der Waals surface area (Å²) in [6, 6.07) is 18.7. The van der Waals surface area contributed by atoms with Gasteiger partial charge >= 0.3 is 0 Å². The van der Waals surface area contributed by atoms with Gasteiger partial charge in [0.25, 0.3) is 0 Å². The molecule has 1 heterocycles. The van der Waals surface area contributed by atoms with Crippen LogP contribution >= 0.6 is 0 Å². The van der Waals surface area contributed by atoms with E-state index >= 15 is 0 Å². The van der Waals surface area contributed by atoms with Gasteiger partial charge in [-0.25, -0.2) is 0 Å². The first-order valence-electron chi connectivity index (χ1n) is 7.21. The molecule has 0 saturated heterocycles. The molecule has 0 fully saturated rings. The Morgan fingerprint density at radius 1 is 0.609 bits per heavy atom. The molecule has 0 unspecified atom stereocenters. The number of hydrogen-bond donors (Lipinski definition) is 3. The number of fused-ring (bicyclic) bond motifs is 1. The maximum atomic E-state index is 9.61. The van der Waals surface area contributed by atoms with E-state index in [4.69, 9.17) is 4.74 Å². The average Bonchev–Trinajstić information content (AvgIpc) is 2.52. The van der Waals surface area contributed by atoms with Gasteiger partial charge in [0.05, 0.1) is 0 Å². The van der Waals surface area contributed by atoms with Crippen molar-refractivity contribution in [3.63, 3.8) is 0 Å². The maximum Gasteiger partial charge on any atom is 0.188 e. The molecule has 4 nitrogen and oxygen atoms in total. The Hall–Kier alpha value is -3.14. The number of hydrogen-bond acceptors (Lipinski definition) is 4. The molecule has 0 aromatic heterocycles. The Balaban J connectivity index is 1.94. The fraction of sp³-hybridized carbons (Fsp3) is 0.0526. The summed E-state index contributed by atoms with van der Waals surface area (Å²) in [4.78, 5) is 0. The fourth-order valence-corrected chi connectivity index (χ4v) is 3.05. The van der Waals surface area contributed by atoms with Crippen LogP contribution in [0.4, 0.5) is 0 Å². The van der Waals surface area contributed by atoms with Gasteiger partial charge in [-0.15, -0.1) is 0 Å². The van der Waals surface area contributed by atoms with E-state index in [0.717, 1.165) is 16.7 Å². The highest BCUT2D eigenvalue weighted by Crippen LogP contribution is 2.53. The molecule has 1 aliphatic rings. The molecule has 23 heavy (non-hydrogen) atoms. The van der Waals surface area contributed by atoms with Crippen LogP contribution in [0.2, 0.25) is 0 Å². The molecule has 0 saturated carbocycles. The van der Waals surface area contributed by atoms with Gasteiger partial charge in [0.1, 0.15) is 23.0 Å². The number of ether oxygens (including phenoxy) is 1. The first-order valence-corrected chi connectivity index (χ1v) is 7.21. The molecule has 3 aromatic carbocycles. The van der Waals surface area contributed by atoms with E-state index in [2.05, 4.69) is 0 Å². The van der Waals surface area contributed by atoms with Gasteiger partial charge in [0, 0.05) is 22.8 Å². The van der Waals surface area contributed by atoms with Crippen molar-refractivity contribution >= 4 is 0 Å². The van der Waals surface area contributed by atoms with Crippen molar-refractivity contribution in [2.75, 3.05) is 0 Å². The molecular weight excluding hydrogens is 292 g/mol. The van der Waals surface area contributed by atoms with Crippen LogP contribution in [0.5, 0.6) is 23.0 Å². The zero-order chi connectivity index (χ0) is 16.0. The first-order chi connectivity index (χ1) is 11.1. The molecule has 0 aliphatic carbocycles. The van der Waals surface area contributed by atoms with Crippen molar-refractivity contribution in [2.24, 2.45) is 0 Å². The van der Waals surface area contributed by atoms with Gasteiger partial charge in [-0.3, -0.25) is 0 Å². The van der Waals surface area contributed by atoms with Crippen LogP contribution in [0.25, 0.3) is 0 Å². The molecule has 0 bridgehead atoms. The number of aromatic hydroxyl groups is 3. The molecule has 114 valence electrons. The van der Waals surface area contributed by atoms with E-state index < -0.39 is 5.60 Å². The predicted octanol–water partition coefficient (Wildman–Crippen LogP) is 3.49. The van der Waals surface area contributed by atoms with Crippen LogP contribution in [0, 0.1) is 0 Å². The first kappa shape index (κ1) is 13.5. The second-order valence-corrected chi connectivity index (χ2v) is 5.56. The number of phenols is 3. The topological polar surface area (TPSA) is 69.9 Å². The zero-order valence-corrected chi connectivity index (χ0v) is 12.1. The smallest absolute Gasteiger partial charge is 0.188 e. The molecule has 0 spiro atoms. The molecular formula is C19H14O4. The van der Waals surface area contributed by atoms with Crippen LogP contribution < -0.4 is 4.74 Å². The van der Waals surface area contributed by atoms with Crippen molar-refractivity contribution in [3.8, 4) is 23.0 Å². The molecule has 0 radical (unpaired) electrons. The summed E-state index contributed by atoms with van der Waals surface area (Å²) in [6.07, 6.45) is 0. The highest BCUT2D eigenvalue weighted by molar-refractivity contribution is 5.61. The van der Waals surface area contributed by atoms with Gasteiger partial charge in [-0.2, -0.15) is 0 Å². The molecule has 0 atom stereocenters. The minimum Gasteiger partial charge on any atom is -0.508 e. The van der Waals surface area contributed by atoms with E-state index in [-0.39, 0.29) is 17.2 Å². The van der Waals surface area contributed by atoms with Gasteiger partial charge in [0.15, 0.2) is 5.60 Å². The number of benzene rings is 3. The minimum absolute atomic E-state index is 0.147. The van der Waals surface area contributed by atoms with Crippen molar-refractivity contribution < 1.29 is 20.1 Å². The number of phenolic OH excluding ortho intramolecular Hbond substituents is 3. The highest BCUT2D eigenvalue weighted by atomic mass is 16.5. The van der Waals surface area contributed by atoms with E-state index in [1.165, 1.54) is 0 Å². The maximum absolute atomic E-state index is 9.61. The van der Waals surface area contributed by atoms with E-state index in [1.54, 1.807) is 60.7 Å². The largest absolute Gasteiger partial charge is 0.508 e. The zero-order valence-electron chi connectivity index (χ0n) is 12.1. The lowest BCUT2D eigenvalue weighted by atomic mass is 9.76. The summed E-state index contributed by atoms with van der Waals surface area (Å²) >= 11 is 0. The average molecular weight is 306 g/mol. The lowest BCUT2D eigenvalue weighted by molar-refractivity contribution is 0.0954. The summed E-state index contributed by atoms with van der Waals surface area (Å²) in [6.45, 7) is 0. The molecule has 4 heteroatoms. The minimum atomic E-state index is -0.815. The normalized spacial score (nSPS) is 14.4. The fourth-order valence-electron chi connectivity index (χ4n) is 3.05. The standard InChI is InChI=1S/C19H14O4/c20-14-5-1-12(2-6-14)19(13-3-7-15(21)8-4-13)17-10-9-16(22)11-18(17)23-19/h1-11,20-22H. The van der Waals surface area contributed by atoms with Gasteiger partial charge in [-0.05, 0) is 36.4 Å². The molecule has 3 N–H and O–H groups in total. The van der Waals surface area contributed by atoms with E-state index in [1.807, 2.05) is 6.07 Å². The molecule has 3 aromatic rings. The Morgan fingerprint density at radius 3 is 1.57 bits per heavy atom. The SMILES string of the molecule is Oc1ccc(C2(c3ccc(O)cc3)Oc3cc(O)ccc32)cc1. The Labute approximate surface area is 132 Å². The van der Waals surface area contributed by atoms with Crippen LogP contribution in [0.3, 0.4) is 0 Å². The quantitative estimate of drug-likeness (QED) is 0.678. The summed E-state index contributed by atoms with van der Waals surface area (Å²) < 4.78 is 6.08. The van der Waals surface area contributed by atoms with Crippen LogP contribution in [-0.4, -0.2) is 15.3 Å². The Morgan fingerprint density at radius 2 is 1.09 bits per heavy atom. The highest BCUT2D eigenvalue weighted by Gasteiger charge is 2.48. The third kappa shape index (κ3) is 1.92. The second kappa shape index (κ2) is 4.68. The van der Waals surface area contributed by atoms with E-state index in [0.29, 0.717) is 5.75 Å². The second-order valence-electron chi connectivity index (χ2n) is 5.56. The third-order valence-electron chi connectivity index (χ3n) is 4.16. The van der Waals surface area contributed by atoms with Crippen molar-refractivity contribution in [1.29, 1.82) is 0 Å². The Bertz CT molecular complexity index is 821. The van der Waals surface area contributed by atoms with Gasteiger partial charge in [0.2, 0.25) is 0 Å². The third-order valence-corrected chi connectivity index (χ3v) is 4.16. The van der Waals surface area contributed by atoms with Crippen molar-refractivity contribution in [2.45, 2.75) is 5.60 Å². The number of rotatable bonds is 2. The van der Waals surface area contributed by atoms with E-state index in [9.17, 15) is 15.3 Å². The lowest BCUT2D eigenvalue weighted by Crippen LogP contribution is -2.43. The molecule has 1 aliphatic heterocycles. The van der Waals surface area contributed by atoms with Crippen LogP contribution in [0.1, 0.15) is 16.7 Å². The summed E-state index contributed by atoms with van der Waals surface area (Å²) in [5, 5.41) is 28.7. The van der Waals surface area contributed by atoms with Crippen molar-refractivity contribution in [3.05, 3.63) is 83.4 Å².